The fraction of sp³-hybridized carbons (Fsp3) is 0.800. The average Bonchev–Trinajstić information content (AvgIpc) is 2.47. The van der Waals surface area contributed by atoms with Gasteiger partial charge in [0.1, 0.15) is 6.29 Å². The van der Waals surface area contributed by atoms with Crippen LogP contribution in [-0.2, 0) is 28.6 Å². The van der Waals surface area contributed by atoms with Gasteiger partial charge < -0.3 is 24.3 Å². The Bertz CT molecular complexity index is 332. The molecule has 0 radical (unpaired) electrons. The van der Waals surface area contributed by atoms with E-state index in [1.54, 1.807) is 6.92 Å². The number of carbonyl (C=O) groups excluding carboxylic acids is 3. The van der Waals surface area contributed by atoms with Crippen molar-refractivity contribution in [1.82, 2.24) is 5.32 Å². The van der Waals surface area contributed by atoms with E-state index in [9.17, 15) is 14.4 Å². The van der Waals surface area contributed by atoms with Gasteiger partial charge in [-0.15, -0.1) is 0 Å². The molecule has 0 bridgehead atoms. The number of aldehydes is 1. The molecule has 1 N–H and O–H groups in total. The van der Waals surface area contributed by atoms with Crippen molar-refractivity contribution in [3.8, 4) is 0 Å². The first-order valence-corrected chi connectivity index (χ1v) is 7.57. The second kappa shape index (κ2) is 13.2. The summed E-state index contributed by atoms with van der Waals surface area (Å²) >= 11 is 0. The standard InChI is InChI=1S/C15H27NO6/c1-4-22-15(19)6-8-21-10-9-20-7-5-14(18)16-13(11-17)12(2)3/h11-13H,4-10H2,1-3H3,(H,16,18)/t13-/m1/s1. The van der Waals surface area contributed by atoms with Gasteiger partial charge in [0.15, 0.2) is 0 Å². The van der Waals surface area contributed by atoms with Crippen LogP contribution in [0.2, 0.25) is 0 Å². The molecule has 0 heterocycles. The van der Waals surface area contributed by atoms with Gasteiger partial charge in [-0.25, -0.2) is 0 Å². The Kier molecular flexibility index (Phi) is 12.3. The number of esters is 1. The summed E-state index contributed by atoms with van der Waals surface area (Å²) in [6, 6.07) is -0.460. The lowest BCUT2D eigenvalue weighted by molar-refractivity contribution is -0.144. The molecular formula is C15H27NO6. The Labute approximate surface area is 131 Å². The molecule has 22 heavy (non-hydrogen) atoms. The highest BCUT2D eigenvalue weighted by atomic mass is 16.5. The van der Waals surface area contributed by atoms with Gasteiger partial charge >= 0.3 is 5.97 Å². The fourth-order valence-corrected chi connectivity index (χ4v) is 1.49. The summed E-state index contributed by atoms with van der Waals surface area (Å²) in [5, 5.41) is 2.63. The molecule has 7 nitrogen and oxygen atoms in total. The van der Waals surface area contributed by atoms with Crippen molar-refractivity contribution in [2.24, 2.45) is 5.92 Å². The molecule has 7 heteroatoms. The second-order valence-electron chi connectivity index (χ2n) is 5.00. The Morgan fingerprint density at radius 3 is 2.14 bits per heavy atom. The zero-order valence-corrected chi connectivity index (χ0v) is 13.6. The minimum atomic E-state index is -0.460. The van der Waals surface area contributed by atoms with Crippen LogP contribution in [0.15, 0.2) is 0 Å². The summed E-state index contributed by atoms with van der Waals surface area (Å²) in [5.41, 5.74) is 0. The summed E-state index contributed by atoms with van der Waals surface area (Å²) in [7, 11) is 0. The van der Waals surface area contributed by atoms with Gasteiger partial charge in [-0.2, -0.15) is 0 Å². The van der Waals surface area contributed by atoms with Crippen LogP contribution in [0.3, 0.4) is 0 Å². The highest BCUT2D eigenvalue weighted by molar-refractivity contribution is 5.79. The number of hydrogen-bond acceptors (Lipinski definition) is 6. The van der Waals surface area contributed by atoms with Crippen molar-refractivity contribution >= 4 is 18.2 Å². The largest absolute Gasteiger partial charge is 0.466 e. The monoisotopic (exact) mass is 317 g/mol. The van der Waals surface area contributed by atoms with Gasteiger partial charge in [0.25, 0.3) is 0 Å². The molecule has 0 spiro atoms. The lowest BCUT2D eigenvalue weighted by Crippen LogP contribution is -2.40. The lowest BCUT2D eigenvalue weighted by Gasteiger charge is -2.16. The Hall–Kier alpha value is -1.47. The van der Waals surface area contributed by atoms with E-state index in [2.05, 4.69) is 5.32 Å². The Morgan fingerprint density at radius 2 is 1.64 bits per heavy atom. The molecule has 0 aliphatic rings. The predicted molar refractivity (Wildman–Crippen MR) is 80.3 cm³/mol. The first-order valence-electron chi connectivity index (χ1n) is 7.57. The number of ether oxygens (including phenoxy) is 3. The number of rotatable bonds is 13. The number of nitrogens with one attached hydrogen (secondary N) is 1. The lowest BCUT2D eigenvalue weighted by atomic mass is 10.1. The molecule has 0 aromatic carbocycles. The maximum atomic E-state index is 11.6. The van der Waals surface area contributed by atoms with E-state index in [-0.39, 0.29) is 43.8 Å². The van der Waals surface area contributed by atoms with Crippen LogP contribution in [0.4, 0.5) is 0 Å². The van der Waals surface area contributed by atoms with Gasteiger partial charge in [-0.3, -0.25) is 9.59 Å². The normalized spacial score (nSPS) is 12.0. The number of carbonyl (C=O) groups is 3. The van der Waals surface area contributed by atoms with Crippen LogP contribution in [0.1, 0.15) is 33.6 Å². The highest BCUT2D eigenvalue weighted by Gasteiger charge is 2.14. The minimum Gasteiger partial charge on any atom is -0.466 e. The molecule has 0 aliphatic heterocycles. The van der Waals surface area contributed by atoms with Crippen molar-refractivity contribution < 1.29 is 28.6 Å². The first kappa shape index (κ1) is 20.5. The second-order valence-corrected chi connectivity index (χ2v) is 5.00. The third-order valence-electron chi connectivity index (χ3n) is 2.79. The van der Waals surface area contributed by atoms with Gasteiger partial charge in [-0.1, -0.05) is 13.8 Å². The van der Waals surface area contributed by atoms with Crippen LogP contribution in [-0.4, -0.2) is 57.2 Å². The van der Waals surface area contributed by atoms with E-state index in [4.69, 9.17) is 14.2 Å². The van der Waals surface area contributed by atoms with Gasteiger partial charge in [0, 0.05) is 6.42 Å². The molecule has 0 fully saturated rings. The van der Waals surface area contributed by atoms with Crippen LogP contribution in [0, 0.1) is 5.92 Å². The van der Waals surface area contributed by atoms with Crippen molar-refractivity contribution in [2.75, 3.05) is 33.0 Å². The molecule has 1 atom stereocenters. The summed E-state index contributed by atoms with van der Waals surface area (Å²) in [6.45, 7) is 7.09. The molecule has 0 aromatic heterocycles. The van der Waals surface area contributed by atoms with Gasteiger partial charge in [0.2, 0.25) is 5.91 Å². The SMILES string of the molecule is CCOC(=O)CCOCCOCCC(=O)N[C@H](C=O)C(C)C. The summed E-state index contributed by atoms with van der Waals surface area (Å²) in [5.74, 6) is -0.431. The Morgan fingerprint density at radius 1 is 1.05 bits per heavy atom. The summed E-state index contributed by atoms with van der Waals surface area (Å²) in [6.07, 6.45) is 1.15. The van der Waals surface area contributed by atoms with E-state index in [1.165, 1.54) is 0 Å². The topological polar surface area (TPSA) is 90.9 Å². The van der Waals surface area contributed by atoms with E-state index >= 15 is 0 Å². The number of hydrogen-bond donors (Lipinski definition) is 1. The first-order chi connectivity index (χ1) is 10.5. The van der Waals surface area contributed by atoms with Gasteiger partial charge in [0.05, 0.1) is 45.5 Å². The van der Waals surface area contributed by atoms with E-state index in [1.807, 2.05) is 13.8 Å². The van der Waals surface area contributed by atoms with E-state index < -0.39 is 6.04 Å². The van der Waals surface area contributed by atoms with Crippen molar-refractivity contribution in [2.45, 2.75) is 39.7 Å². The van der Waals surface area contributed by atoms with Crippen LogP contribution in [0.5, 0.6) is 0 Å². The van der Waals surface area contributed by atoms with Gasteiger partial charge in [-0.05, 0) is 12.8 Å². The van der Waals surface area contributed by atoms with Crippen LogP contribution in [0.25, 0.3) is 0 Å². The minimum absolute atomic E-state index is 0.0650. The van der Waals surface area contributed by atoms with Crippen molar-refractivity contribution in [3.05, 3.63) is 0 Å². The zero-order chi connectivity index (χ0) is 16.8. The average molecular weight is 317 g/mol. The molecule has 0 saturated carbocycles. The van der Waals surface area contributed by atoms with Crippen LogP contribution >= 0.6 is 0 Å². The van der Waals surface area contributed by atoms with E-state index in [0.29, 0.717) is 19.8 Å². The highest BCUT2D eigenvalue weighted by Crippen LogP contribution is 1.98. The fourth-order valence-electron chi connectivity index (χ4n) is 1.49. The third kappa shape index (κ3) is 11.2. The quantitative estimate of drug-likeness (QED) is 0.305. The third-order valence-corrected chi connectivity index (χ3v) is 2.79. The summed E-state index contributed by atoms with van der Waals surface area (Å²) < 4.78 is 15.2. The molecular weight excluding hydrogens is 290 g/mol. The molecule has 128 valence electrons. The molecule has 0 saturated heterocycles. The predicted octanol–water partition coefficient (Wildman–Crippen LogP) is 0.703. The van der Waals surface area contributed by atoms with Crippen LogP contribution < -0.4 is 5.32 Å². The van der Waals surface area contributed by atoms with E-state index in [0.717, 1.165) is 6.29 Å². The number of amides is 1. The van der Waals surface area contributed by atoms with Crippen molar-refractivity contribution in [1.29, 1.82) is 0 Å². The zero-order valence-electron chi connectivity index (χ0n) is 13.6. The van der Waals surface area contributed by atoms with Crippen molar-refractivity contribution in [3.63, 3.8) is 0 Å². The molecule has 0 unspecified atom stereocenters. The Balaban J connectivity index is 3.47. The maximum Gasteiger partial charge on any atom is 0.308 e. The smallest absolute Gasteiger partial charge is 0.308 e. The molecule has 0 aromatic rings. The molecule has 0 aliphatic carbocycles. The molecule has 0 rings (SSSR count). The summed E-state index contributed by atoms with van der Waals surface area (Å²) in [4.78, 5) is 33.3. The maximum absolute atomic E-state index is 11.6. The molecule has 1 amide bonds.